The topological polar surface area (TPSA) is 26.0 Å². The van der Waals surface area contributed by atoms with Gasteiger partial charge in [0.15, 0.2) is 0 Å². The third-order valence-electron chi connectivity index (χ3n) is 6.08. The van der Waals surface area contributed by atoms with E-state index in [0.717, 1.165) is 0 Å². The van der Waals surface area contributed by atoms with E-state index in [1.807, 2.05) is 0 Å². The van der Waals surface area contributed by atoms with E-state index in [1.165, 1.54) is 135 Å². The minimum atomic E-state index is 0.139. The monoisotopic (exact) mass is 748 g/mol. The summed E-state index contributed by atoms with van der Waals surface area (Å²) in [7, 11) is 0. The zero-order valence-electron chi connectivity index (χ0n) is 20.1. The van der Waals surface area contributed by atoms with Crippen molar-refractivity contribution in [2.45, 2.75) is 161 Å². The van der Waals surface area contributed by atoms with Crippen molar-refractivity contribution in [3.63, 3.8) is 0 Å². The molecule has 0 aliphatic heterocycles. The van der Waals surface area contributed by atoms with Gasteiger partial charge in [-0.05, 0) is 19.3 Å². The van der Waals surface area contributed by atoms with Crippen LogP contribution in [-0.2, 0) is 0 Å². The molecule has 0 aromatic carbocycles. The second-order valence-corrected chi connectivity index (χ2v) is 25.2. The summed E-state index contributed by atoms with van der Waals surface area (Å²) < 4.78 is 0. The molecule has 0 spiro atoms. The molecule has 4 heteroatoms. The van der Waals surface area contributed by atoms with Crippen LogP contribution in [0.15, 0.2) is 0 Å². The predicted molar refractivity (Wildman–Crippen MR) is 149 cm³/mol. The Bertz CT molecular complexity index is 246. The fourth-order valence-corrected chi connectivity index (χ4v) is 4.15. The molecular weight excluding hydrogens is 695 g/mol. The summed E-state index contributed by atoms with van der Waals surface area (Å²) in [5, 5.41) is 0. The molecule has 0 aromatic heterocycles. The quantitative estimate of drug-likeness (QED) is 0.0946. The van der Waals surface area contributed by atoms with Crippen LogP contribution in [0.2, 0.25) is 0 Å². The van der Waals surface area contributed by atoms with E-state index >= 15 is 0 Å². The maximum atomic E-state index is 6.92. The predicted octanol–water partition coefficient (Wildman–Crippen LogP) is 7.71. The molecule has 0 fully saturated rings. The van der Waals surface area contributed by atoms with Crippen LogP contribution in [0.3, 0.4) is 0 Å². The zero-order valence-corrected chi connectivity index (χ0v) is 26.5. The number of unbranched alkanes of at least 4 members (excludes halogenated alkanes) is 15. The van der Waals surface area contributed by atoms with Crippen LogP contribution in [0.5, 0.6) is 0 Å². The van der Waals surface area contributed by atoms with E-state index in [2.05, 4.69) is 58.0 Å². The molecule has 0 saturated heterocycles. The molecule has 2 N–H and O–H groups in total. The van der Waals surface area contributed by atoms with Crippen LogP contribution >= 0.6 is 37.2 Å². The van der Waals surface area contributed by atoms with Gasteiger partial charge in [-0.1, -0.05) is 136 Å². The number of hydrogen-bond acceptors (Lipinski definition) is 1. The van der Waals surface area contributed by atoms with E-state index in [1.54, 1.807) is 0 Å². The first-order chi connectivity index (χ1) is 14.1. The first-order valence-corrected chi connectivity index (χ1v) is 25.3. The molecular formula is C25H53I3N-. The summed E-state index contributed by atoms with van der Waals surface area (Å²) in [4.78, 5) is 0. The molecule has 0 aliphatic carbocycles. The Morgan fingerprint density at radius 2 is 0.690 bits per heavy atom. The van der Waals surface area contributed by atoms with Crippen LogP contribution < -0.4 is 19.0 Å². The maximum absolute atomic E-state index is 6.92. The summed E-state index contributed by atoms with van der Waals surface area (Å²) in [5.41, 5.74) is 7.06. The van der Waals surface area contributed by atoms with Crippen molar-refractivity contribution in [1.82, 2.24) is 0 Å². The van der Waals surface area contributed by atoms with Gasteiger partial charge in [-0.2, -0.15) is 0 Å². The van der Waals surface area contributed by atoms with Crippen molar-refractivity contribution in [3.05, 3.63) is 0 Å². The number of rotatable bonds is 21. The van der Waals surface area contributed by atoms with Crippen LogP contribution in [0.1, 0.15) is 156 Å². The van der Waals surface area contributed by atoms with Crippen molar-refractivity contribution in [3.8, 4) is 0 Å². The Labute approximate surface area is 215 Å². The molecule has 0 aromatic rings. The molecule has 0 amide bonds. The van der Waals surface area contributed by atoms with Crippen molar-refractivity contribution in [2.24, 2.45) is 5.73 Å². The van der Waals surface area contributed by atoms with Crippen LogP contribution in [0, 0.1) is 0 Å². The second kappa shape index (κ2) is 28.2. The van der Waals surface area contributed by atoms with Crippen molar-refractivity contribution < 1.29 is 13.3 Å². The number of nitrogens with two attached hydrogens (primary N) is 1. The standard InChI is InChI=1S/C25H53N.I3/c1-4-7-10-13-16-19-22-25(26,23-20-17-14-11-8-5-2)24-21-18-15-12-9-6-3;1-3-2/h4-24,26H2,1-3H3;/q;-1. The Hall–Kier alpha value is 2.15. The summed E-state index contributed by atoms with van der Waals surface area (Å²) in [6.07, 6.45) is 28.8. The molecule has 1 nitrogen and oxygen atoms in total. The molecule has 0 heterocycles. The van der Waals surface area contributed by atoms with E-state index in [0.29, 0.717) is 13.3 Å². The van der Waals surface area contributed by atoms with Crippen molar-refractivity contribution >= 4 is 37.2 Å². The van der Waals surface area contributed by atoms with Gasteiger partial charge >= 0.3 is 50.5 Å². The Morgan fingerprint density at radius 1 is 0.483 bits per heavy atom. The minimum absolute atomic E-state index is 0.139. The van der Waals surface area contributed by atoms with Crippen molar-refractivity contribution in [2.75, 3.05) is 0 Å². The van der Waals surface area contributed by atoms with Gasteiger partial charge in [0.25, 0.3) is 0 Å². The van der Waals surface area contributed by atoms with Crippen LogP contribution in [0.25, 0.3) is 0 Å². The number of halogens is 3. The third-order valence-corrected chi connectivity index (χ3v) is 6.08. The fourth-order valence-electron chi connectivity index (χ4n) is 4.15. The summed E-state index contributed by atoms with van der Waals surface area (Å²) >= 11 is 5.30. The molecule has 0 bridgehead atoms. The van der Waals surface area contributed by atoms with Gasteiger partial charge in [-0.3, -0.25) is 0 Å². The average molecular weight is 748 g/mol. The molecule has 0 unspecified atom stereocenters. The summed E-state index contributed by atoms with van der Waals surface area (Å²) in [6, 6.07) is 0. The molecule has 29 heavy (non-hydrogen) atoms. The van der Waals surface area contributed by atoms with Gasteiger partial charge in [0.2, 0.25) is 0 Å². The van der Waals surface area contributed by atoms with Gasteiger partial charge in [-0.25, -0.2) is 0 Å². The van der Waals surface area contributed by atoms with E-state index in [9.17, 15) is 0 Å². The van der Waals surface area contributed by atoms with Gasteiger partial charge in [0, 0.05) is 5.54 Å². The molecule has 180 valence electrons. The van der Waals surface area contributed by atoms with Gasteiger partial charge < -0.3 is 5.73 Å². The zero-order chi connectivity index (χ0) is 22.1. The van der Waals surface area contributed by atoms with Gasteiger partial charge in [-0.15, -0.1) is 0 Å². The summed E-state index contributed by atoms with van der Waals surface area (Å²) in [5.74, 6) is 0. The van der Waals surface area contributed by atoms with Gasteiger partial charge in [0.1, 0.15) is 0 Å². The molecule has 0 aliphatic rings. The van der Waals surface area contributed by atoms with E-state index < -0.39 is 0 Å². The normalized spacial score (nSPS) is 11.5. The fraction of sp³-hybridized carbons (Fsp3) is 1.00. The van der Waals surface area contributed by atoms with E-state index in [-0.39, 0.29) is 5.54 Å². The molecule has 0 rings (SSSR count). The third kappa shape index (κ3) is 28.1. The Kier molecular flexibility index (Phi) is 32.4. The van der Waals surface area contributed by atoms with Crippen molar-refractivity contribution in [1.29, 1.82) is 0 Å². The van der Waals surface area contributed by atoms with Crippen LogP contribution in [-0.4, -0.2) is 5.54 Å². The Balaban J connectivity index is 0. The molecule has 0 atom stereocenters. The first-order valence-electron chi connectivity index (χ1n) is 12.8. The van der Waals surface area contributed by atoms with E-state index in [4.69, 9.17) is 5.73 Å². The second-order valence-electron chi connectivity index (χ2n) is 8.97. The van der Waals surface area contributed by atoms with Gasteiger partial charge in [0.05, 0.1) is 0 Å². The summed E-state index contributed by atoms with van der Waals surface area (Å²) in [6.45, 7) is 6.89. The molecule has 0 radical (unpaired) electrons. The first kappa shape index (κ1) is 33.3. The average Bonchev–Trinajstić information content (AvgIpc) is 2.71. The van der Waals surface area contributed by atoms with Crippen LogP contribution in [0.4, 0.5) is 0 Å². The SMILES string of the molecule is CCCCCCCCC(N)(CCCCCCCC)CCCCCCCC.I[I-]I. The molecule has 0 saturated carbocycles. The number of hydrogen-bond donors (Lipinski definition) is 1. The Morgan fingerprint density at radius 3 is 0.931 bits per heavy atom.